The zero-order valence-corrected chi connectivity index (χ0v) is 21.4. The van der Waals surface area contributed by atoms with Gasteiger partial charge in [0.1, 0.15) is 11.5 Å². The molecule has 1 atom stereocenters. The molecule has 1 aliphatic rings. The number of hydrogen-bond acceptors (Lipinski definition) is 5. The monoisotopic (exact) mass is 489 g/mol. The molecule has 9 heteroatoms. The number of fused-ring (bicyclic) bond motifs is 1. The summed E-state index contributed by atoms with van der Waals surface area (Å²) in [5, 5.41) is 11.3. The van der Waals surface area contributed by atoms with Crippen molar-refractivity contribution in [3.05, 3.63) is 89.5 Å². The molecule has 3 aromatic rings. The number of alkyl halides is 2. The van der Waals surface area contributed by atoms with Crippen molar-refractivity contribution in [2.24, 2.45) is 0 Å². The summed E-state index contributed by atoms with van der Waals surface area (Å²) in [4.78, 5) is 26.0. The van der Waals surface area contributed by atoms with Gasteiger partial charge >= 0.3 is 29.6 Å². The maximum atomic E-state index is 13.8. The number of hydrogen-bond donors (Lipinski definition) is 0. The molecule has 35 heavy (non-hydrogen) atoms. The normalized spacial score (nSPS) is 15.0. The molecule has 0 aliphatic carbocycles. The Bertz CT molecular complexity index is 1210. The molecule has 1 aliphatic heterocycles. The van der Waals surface area contributed by atoms with Gasteiger partial charge in [-0.2, -0.15) is 0 Å². The van der Waals surface area contributed by atoms with Crippen LogP contribution in [0.5, 0.6) is 11.5 Å². The van der Waals surface area contributed by atoms with E-state index in [9.17, 15) is 23.5 Å². The Morgan fingerprint density at radius 1 is 1.09 bits per heavy atom. The van der Waals surface area contributed by atoms with Gasteiger partial charge in [0.2, 0.25) is 0 Å². The van der Waals surface area contributed by atoms with Gasteiger partial charge in [-0.05, 0) is 35.9 Å². The van der Waals surface area contributed by atoms with Crippen LogP contribution in [-0.2, 0) is 17.3 Å². The summed E-state index contributed by atoms with van der Waals surface area (Å²) < 4.78 is 39.1. The van der Waals surface area contributed by atoms with E-state index in [-0.39, 0.29) is 71.9 Å². The maximum Gasteiger partial charge on any atom is 1.00 e. The molecule has 0 aromatic heterocycles. The molecule has 1 heterocycles. The molecule has 4 rings (SSSR count). The van der Waals surface area contributed by atoms with Crippen molar-refractivity contribution in [3.8, 4) is 11.5 Å². The fraction of sp³-hybridized carbons (Fsp3) is 0.231. The molecule has 0 bridgehead atoms. The van der Waals surface area contributed by atoms with Gasteiger partial charge in [-0.3, -0.25) is 4.79 Å². The van der Waals surface area contributed by atoms with Crippen LogP contribution in [0.3, 0.4) is 0 Å². The largest absolute Gasteiger partial charge is 1.00 e. The molecule has 3 aromatic carbocycles. The summed E-state index contributed by atoms with van der Waals surface area (Å²) in [6.07, 6.45) is -0.737. The molecular formula is C26H22F2NNaO5. The molecule has 1 amide bonds. The summed E-state index contributed by atoms with van der Waals surface area (Å²) in [5.74, 6) is -4.07. The third-order valence-electron chi connectivity index (χ3n) is 5.49. The second-order valence-electron chi connectivity index (χ2n) is 8.01. The molecular weight excluding hydrogens is 467 g/mol. The van der Waals surface area contributed by atoms with Crippen molar-refractivity contribution in [1.82, 2.24) is 0 Å². The summed E-state index contributed by atoms with van der Waals surface area (Å²) in [6.45, 7) is 0.943. The van der Waals surface area contributed by atoms with E-state index in [0.29, 0.717) is 17.0 Å². The number of benzene rings is 3. The molecule has 6 nitrogen and oxygen atoms in total. The number of carbonyl (C=O) groups excluding carboxylic acids is 2. The summed E-state index contributed by atoms with van der Waals surface area (Å²) in [6, 6.07) is 19.0. The smallest absolute Gasteiger partial charge is 0.545 e. The van der Waals surface area contributed by atoms with E-state index in [0.717, 1.165) is 6.92 Å². The van der Waals surface area contributed by atoms with Crippen LogP contribution < -0.4 is 49.0 Å². The van der Waals surface area contributed by atoms with Gasteiger partial charge in [0.15, 0.2) is 6.10 Å². The number of carboxylic acid groups (broad SMARTS) is 1. The second-order valence-corrected chi connectivity index (χ2v) is 8.01. The molecule has 1 unspecified atom stereocenters. The van der Waals surface area contributed by atoms with E-state index >= 15 is 0 Å². The van der Waals surface area contributed by atoms with Gasteiger partial charge in [0, 0.05) is 24.5 Å². The first kappa shape index (κ1) is 26.7. The van der Waals surface area contributed by atoms with Crippen LogP contribution in [0.4, 0.5) is 14.5 Å². The predicted octanol–water partition coefficient (Wildman–Crippen LogP) is 0.929. The number of para-hydroxylation sites is 3. The minimum atomic E-state index is -3.00. The zero-order valence-electron chi connectivity index (χ0n) is 19.4. The molecule has 0 saturated carbocycles. The van der Waals surface area contributed by atoms with Crippen LogP contribution in [0.15, 0.2) is 72.8 Å². The maximum absolute atomic E-state index is 13.8. The van der Waals surface area contributed by atoms with Crippen LogP contribution in [-0.4, -0.2) is 24.6 Å². The minimum absolute atomic E-state index is 0. The Balaban J connectivity index is 0.00000342. The van der Waals surface area contributed by atoms with E-state index in [2.05, 4.69) is 0 Å². The number of ether oxygens (including phenoxy) is 2. The van der Waals surface area contributed by atoms with Crippen LogP contribution in [0, 0.1) is 0 Å². The van der Waals surface area contributed by atoms with E-state index in [1.54, 1.807) is 48.5 Å². The van der Waals surface area contributed by atoms with Crippen LogP contribution >= 0.6 is 0 Å². The Morgan fingerprint density at radius 2 is 1.80 bits per heavy atom. The Kier molecular flexibility index (Phi) is 8.53. The van der Waals surface area contributed by atoms with Crippen molar-refractivity contribution < 1.29 is 62.5 Å². The number of nitrogens with zero attached hydrogens (tertiary/aromatic N) is 1. The van der Waals surface area contributed by atoms with Gasteiger partial charge in [0.25, 0.3) is 11.8 Å². The SMILES string of the molecule is CC(F)(F)c1cccc(CN2C(=O)C(CCOc3ccccc3C(=O)[O-])Oc3ccccc32)c1.[Na+]. The molecule has 0 fully saturated rings. The topological polar surface area (TPSA) is 78.9 Å². The average molecular weight is 489 g/mol. The van der Waals surface area contributed by atoms with Gasteiger partial charge in [0.05, 0.1) is 24.8 Å². The van der Waals surface area contributed by atoms with Crippen molar-refractivity contribution in [2.45, 2.75) is 31.9 Å². The van der Waals surface area contributed by atoms with Crippen molar-refractivity contribution in [2.75, 3.05) is 11.5 Å². The van der Waals surface area contributed by atoms with E-state index in [1.165, 1.54) is 29.2 Å². The molecule has 0 spiro atoms. The van der Waals surface area contributed by atoms with Gasteiger partial charge < -0.3 is 24.3 Å². The third kappa shape index (κ3) is 6.20. The van der Waals surface area contributed by atoms with Gasteiger partial charge in [-0.25, -0.2) is 8.78 Å². The Labute approximate surface area is 223 Å². The predicted molar refractivity (Wildman–Crippen MR) is 119 cm³/mol. The summed E-state index contributed by atoms with van der Waals surface area (Å²) in [5.41, 5.74) is 0.885. The Hall–Kier alpha value is -2.94. The number of rotatable bonds is 8. The van der Waals surface area contributed by atoms with Crippen molar-refractivity contribution in [1.29, 1.82) is 0 Å². The van der Waals surface area contributed by atoms with Crippen LogP contribution in [0.2, 0.25) is 0 Å². The average Bonchev–Trinajstić information content (AvgIpc) is 2.81. The number of amides is 1. The summed E-state index contributed by atoms with van der Waals surface area (Å²) in [7, 11) is 0. The summed E-state index contributed by atoms with van der Waals surface area (Å²) >= 11 is 0. The first-order chi connectivity index (χ1) is 16.2. The third-order valence-corrected chi connectivity index (χ3v) is 5.49. The van der Waals surface area contributed by atoms with Crippen molar-refractivity contribution >= 4 is 17.6 Å². The molecule has 176 valence electrons. The van der Waals surface area contributed by atoms with Crippen molar-refractivity contribution in [3.63, 3.8) is 0 Å². The minimum Gasteiger partial charge on any atom is -0.545 e. The standard InChI is InChI=1S/C26H23F2NO5.Na/c1-26(27,28)18-8-6-7-17(15-18)16-29-20-10-3-5-12-22(20)34-23(24(29)30)13-14-33-21-11-4-2-9-19(21)25(31)32;/h2-12,15,23H,13-14,16H2,1H3,(H,31,32);/q;+1/p-1. The van der Waals surface area contributed by atoms with Gasteiger partial charge in [-0.15, -0.1) is 0 Å². The van der Waals surface area contributed by atoms with Crippen LogP contribution in [0.1, 0.15) is 34.8 Å². The number of anilines is 1. The van der Waals surface area contributed by atoms with E-state index < -0.39 is 18.0 Å². The first-order valence-electron chi connectivity index (χ1n) is 10.7. The van der Waals surface area contributed by atoms with Crippen LogP contribution in [0.25, 0.3) is 0 Å². The zero-order chi connectivity index (χ0) is 24.3. The molecule has 0 N–H and O–H groups in total. The van der Waals surface area contributed by atoms with E-state index in [1.807, 2.05) is 0 Å². The van der Waals surface area contributed by atoms with E-state index in [4.69, 9.17) is 9.47 Å². The fourth-order valence-corrected chi connectivity index (χ4v) is 3.78. The second kappa shape index (κ2) is 11.2. The number of carboxylic acids is 1. The van der Waals surface area contributed by atoms with Gasteiger partial charge in [-0.1, -0.05) is 42.5 Å². The quantitative estimate of drug-likeness (QED) is 0.440. The number of halogens is 2. The molecule has 0 saturated heterocycles. The molecule has 0 radical (unpaired) electrons. The first-order valence-corrected chi connectivity index (χ1v) is 10.7. The Morgan fingerprint density at radius 3 is 2.54 bits per heavy atom. The number of carbonyl (C=O) groups is 2. The fourth-order valence-electron chi connectivity index (χ4n) is 3.78. The number of aromatic carboxylic acids is 1.